The molecule has 1 aliphatic carbocycles. The van der Waals surface area contributed by atoms with Crippen molar-refractivity contribution in [1.29, 1.82) is 0 Å². The van der Waals surface area contributed by atoms with Gasteiger partial charge in [0, 0.05) is 45.1 Å². The second-order valence-electron chi connectivity index (χ2n) is 7.14. The fourth-order valence-electron chi connectivity index (χ4n) is 3.84. The van der Waals surface area contributed by atoms with Crippen LogP contribution in [-0.2, 0) is 19.6 Å². The lowest BCUT2D eigenvalue weighted by molar-refractivity contribution is -0.121. The standard InChI is InChI=1S/C18H23N3O4S/c22-17-8-9-18(23)21(17)15-4-6-16(7-5-15)26(24,25)20-12-10-19(11-13-20)14-2-1-3-14/h4-7,14H,1-3,8-13H2. The van der Waals surface area contributed by atoms with E-state index in [0.717, 1.165) is 18.0 Å². The highest BCUT2D eigenvalue weighted by molar-refractivity contribution is 7.89. The van der Waals surface area contributed by atoms with Crippen LogP contribution in [0.2, 0.25) is 0 Å². The summed E-state index contributed by atoms with van der Waals surface area (Å²) in [5.41, 5.74) is 0.436. The van der Waals surface area contributed by atoms with Gasteiger partial charge in [-0.05, 0) is 37.1 Å². The summed E-state index contributed by atoms with van der Waals surface area (Å²) in [4.78, 5) is 27.3. The lowest BCUT2D eigenvalue weighted by atomic mass is 9.91. The number of amides is 2. The molecule has 0 atom stereocenters. The smallest absolute Gasteiger partial charge is 0.243 e. The Balaban J connectivity index is 1.46. The molecule has 0 unspecified atom stereocenters. The van der Waals surface area contributed by atoms with Gasteiger partial charge in [-0.15, -0.1) is 0 Å². The van der Waals surface area contributed by atoms with E-state index in [1.807, 2.05) is 0 Å². The van der Waals surface area contributed by atoms with Crippen molar-refractivity contribution in [2.45, 2.75) is 43.0 Å². The van der Waals surface area contributed by atoms with Crippen molar-refractivity contribution in [3.8, 4) is 0 Å². The molecule has 3 fully saturated rings. The second-order valence-corrected chi connectivity index (χ2v) is 9.08. The molecule has 0 radical (unpaired) electrons. The first-order chi connectivity index (χ1) is 12.5. The molecule has 8 heteroatoms. The number of sulfonamides is 1. The summed E-state index contributed by atoms with van der Waals surface area (Å²) in [6, 6.07) is 6.69. The zero-order chi connectivity index (χ0) is 18.3. The number of hydrogen-bond donors (Lipinski definition) is 0. The van der Waals surface area contributed by atoms with E-state index in [0.29, 0.717) is 24.8 Å². The third-order valence-electron chi connectivity index (χ3n) is 5.65. The molecule has 1 aromatic rings. The number of carbonyl (C=O) groups is 2. The maximum absolute atomic E-state index is 12.9. The Kier molecular flexibility index (Phi) is 4.58. The van der Waals surface area contributed by atoms with Gasteiger partial charge in [0.25, 0.3) is 0 Å². The van der Waals surface area contributed by atoms with Gasteiger partial charge in [0.2, 0.25) is 21.8 Å². The van der Waals surface area contributed by atoms with Crippen molar-refractivity contribution in [2.24, 2.45) is 0 Å². The van der Waals surface area contributed by atoms with Crippen molar-refractivity contribution in [1.82, 2.24) is 9.21 Å². The zero-order valence-corrected chi connectivity index (χ0v) is 15.5. The van der Waals surface area contributed by atoms with Crippen molar-refractivity contribution < 1.29 is 18.0 Å². The first kappa shape index (κ1) is 17.6. The van der Waals surface area contributed by atoms with Gasteiger partial charge >= 0.3 is 0 Å². The predicted octanol–water partition coefficient (Wildman–Crippen LogP) is 1.20. The van der Waals surface area contributed by atoms with Crippen molar-refractivity contribution in [3.05, 3.63) is 24.3 Å². The molecule has 7 nitrogen and oxygen atoms in total. The molecule has 0 N–H and O–H groups in total. The molecule has 2 saturated heterocycles. The monoisotopic (exact) mass is 377 g/mol. The van der Waals surface area contributed by atoms with Gasteiger partial charge in [0.05, 0.1) is 10.6 Å². The van der Waals surface area contributed by atoms with Gasteiger partial charge < -0.3 is 0 Å². The van der Waals surface area contributed by atoms with Crippen molar-refractivity contribution in [2.75, 3.05) is 31.1 Å². The molecule has 2 amide bonds. The molecule has 26 heavy (non-hydrogen) atoms. The lowest BCUT2D eigenvalue weighted by Gasteiger charge is -2.42. The van der Waals surface area contributed by atoms with Gasteiger partial charge in [-0.1, -0.05) is 6.42 Å². The Hall–Kier alpha value is -1.77. The summed E-state index contributed by atoms with van der Waals surface area (Å²) < 4.78 is 27.3. The largest absolute Gasteiger partial charge is 0.298 e. The number of carbonyl (C=O) groups excluding carboxylic acids is 2. The Labute approximate surface area is 153 Å². The molecule has 1 saturated carbocycles. The number of nitrogens with zero attached hydrogens (tertiary/aromatic N) is 3. The maximum atomic E-state index is 12.9. The number of imide groups is 1. The molecular weight excluding hydrogens is 354 g/mol. The lowest BCUT2D eigenvalue weighted by Crippen LogP contribution is -2.53. The first-order valence-electron chi connectivity index (χ1n) is 9.17. The van der Waals surface area contributed by atoms with Gasteiger partial charge in [0.1, 0.15) is 0 Å². The normalized spacial score (nSPS) is 23.5. The van der Waals surface area contributed by atoms with Crippen molar-refractivity contribution >= 4 is 27.5 Å². The molecule has 2 aliphatic heterocycles. The topological polar surface area (TPSA) is 78.0 Å². The third kappa shape index (κ3) is 3.06. The van der Waals surface area contributed by atoms with Crippen LogP contribution in [-0.4, -0.2) is 61.7 Å². The number of hydrogen-bond acceptors (Lipinski definition) is 5. The third-order valence-corrected chi connectivity index (χ3v) is 7.56. The Morgan fingerprint density at radius 1 is 0.846 bits per heavy atom. The molecule has 0 bridgehead atoms. The zero-order valence-electron chi connectivity index (χ0n) is 14.6. The fourth-order valence-corrected chi connectivity index (χ4v) is 5.26. The van der Waals surface area contributed by atoms with Gasteiger partial charge in [-0.2, -0.15) is 4.31 Å². The summed E-state index contributed by atoms with van der Waals surface area (Å²) in [6.07, 6.45) is 4.15. The minimum absolute atomic E-state index is 0.206. The second kappa shape index (κ2) is 6.75. The molecule has 0 aromatic heterocycles. The summed E-state index contributed by atoms with van der Waals surface area (Å²) in [5, 5.41) is 0. The Bertz CT molecular complexity index is 793. The fraction of sp³-hybridized carbons (Fsp3) is 0.556. The summed E-state index contributed by atoms with van der Waals surface area (Å²) in [5.74, 6) is -0.476. The average Bonchev–Trinajstić information content (AvgIpc) is 2.93. The van der Waals surface area contributed by atoms with Gasteiger partial charge in [-0.3, -0.25) is 19.4 Å². The van der Waals surface area contributed by atoms with Gasteiger partial charge in [-0.25, -0.2) is 8.42 Å². The SMILES string of the molecule is O=C1CCC(=O)N1c1ccc(S(=O)(=O)N2CCN(C3CCC3)CC2)cc1. The number of anilines is 1. The van der Waals surface area contributed by atoms with E-state index in [1.54, 1.807) is 12.1 Å². The number of benzene rings is 1. The average molecular weight is 377 g/mol. The molecule has 2 heterocycles. The van der Waals surface area contributed by atoms with E-state index in [1.165, 1.54) is 35.7 Å². The van der Waals surface area contributed by atoms with E-state index in [4.69, 9.17) is 0 Å². The van der Waals surface area contributed by atoms with Crippen LogP contribution in [0.1, 0.15) is 32.1 Å². The highest BCUT2D eigenvalue weighted by Crippen LogP contribution is 2.28. The Morgan fingerprint density at radius 3 is 1.92 bits per heavy atom. The van der Waals surface area contributed by atoms with Crippen LogP contribution in [0.3, 0.4) is 0 Å². The first-order valence-corrected chi connectivity index (χ1v) is 10.6. The summed E-state index contributed by atoms with van der Waals surface area (Å²) in [7, 11) is -3.55. The quantitative estimate of drug-likeness (QED) is 0.737. The number of piperazine rings is 1. The van der Waals surface area contributed by atoms with E-state index in [9.17, 15) is 18.0 Å². The van der Waals surface area contributed by atoms with Crippen LogP contribution in [0.15, 0.2) is 29.2 Å². The van der Waals surface area contributed by atoms with Crippen LogP contribution in [0.25, 0.3) is 0 Å². The predicted molar refractivity (Wildman–Crippen MR) is 96.1 cm³/mol. The van der Waals surface area contributed by atoms with E-state index in [-0.39, 0.29) is 29.6 Å². The molecule has 140 valence electrons. The van der Waals surface area contributed by atoms with Crippen LogP contribution in [0, 0.1) is 0 Å². The number of rotatable bonds is 4. The minimum Gasteiger partial charge on any atom is -0.298 e. The molecule has 3 aliphatic rings. The van der Waals surface area contributed by atoms with E-state index in [2.05, 4.69) is 4.90 Å². The van der Waals surface area contributed by atoms with Crippen molar-refractivity contribution in [3.63, 3.8) is 0 Å². The molecule has 4 rings (SSSR count). The summed E-state index contributed by atoms with van der Waals surface area (Å²) in [6.45, 7) is 2.56. The summed E-state index contributed by atoms with van der Waals surface area (Å²) >= 11 is 0. The van der Waals surface area contributed by atoms with Crippen LogP contribution in [0.5, 0.6) is 0 Å². The highest BCUT2D eigenvalue weighted by atomic mass is 32.2. The Morgan fingerprint density at radius 2 is 1.42 bits per heavy atom. The molecule has 0 spiro atoms. The highest BCUT2D eigenvalue weighted by Gasteiger charge is 2.34. The van der Waals surface area contributed by atoms with Crippen LogP contribution >= 0.6 is 0 Å². The van der Waals surface area contributed by atoms with Crippen LogP contribution < -0.4 is 4.90 Å². The molecule has 1 aromatic carbocycles. The minimum atomic E-state index is -3.55. The maximum Gasteiger partial charge on any atom is 0.243 e. The van der Waals surface area contributed by atoms with Crippen LogP contribution in [0.4, 0.5) is 5.69 Å². The van der Waals surface area contributed by atoms with E-state index < -0.39 is 10.0 Å². The molecular formula is C18H23N3O4S. The van der Waals surface area contributed by atoms with E-state index >= 15 is 0 Å². The van der Waals surface area contributed by atoms with Gasteiger partial charge in [0.15, 0.2) is 0 Å².